The van der Waals surface area contributed by atoms with Gasteiger partial charge in [-0.3, -0.25) is 0 Å². The van der Waals surface area contributed by atoms with Crippen LogP contribution in [-0.4, -0.2) is 0 Å². The van der Waals surface area contributed by atoms with Crippen molar-refractivity contribution in [2.45, 2.75) is 20.3 Å². The molecule has 0 radical (unpaired) electrons. The summed E-state index contributed by atoms with van der Waals surface area (Å²) >= 11 is 0. The van der Waals surface area contributed by atoms with Crippen molar-refractivity contribution in [3.8, 4) is 0 Å². The van der Waals surface area contributed by atoms with Crippen molar-refractivity contribution in [2.75, 3.05) is 0 Å². The molecular weight excluding hydrogens is 252 g/mol. The Morgan fingerprint density at radius 3 is 2.10 bits per heavy atom. The summed E-state index contributed by atoms with van der Waals surface area (Å²) < 4.78 is 0. The molecule has 102 valence electrons. The van der Waals surface area contributed by atoms with Crippen LogP contribution in [0.4, 0.5) is 0 Å². The summed E-state index contributed by atoms with van der Waals surface area (Å²) in [6.07, 6.45) is 1.07. The normalized spacial score (nSPS) is 11.5. The fraction of sp³-hybridized carbons (Fsp3) is 0.143. The maximum absolute atomic E-state index is 2.30. The van der Waals surface area contributed by atoms with E-state index in [-0.39, 0.29) is 0 Å². The molecule has 0 aliphatic heterocycles. The van der Waals surface area contributed by atoms with Gasteiger partial charge in [-0.15, -0.1) is 0 Å². The average Bonchev–Trinajstić information content (AvgIpc) is 2.55. The van der Waals surface area contributed by atoms with Gasteiger partial charge in [0.25, 0.3) is 0 Å². The van der Waals surface area contributed by atoms with Gasteiger partial charge in [-0.2, -0.15) is 0 Å². The Labute approximate surface area is 125 Å². The molecule has 0 aliphatic rings. The predicted octanol–water partition coefficient (Wildman–Crippen LogP) is 6.02. The van der Waals surface area contributed by atoms with Gasteiger partial charge in [-0.1, -0.05) is 67.6 Å². The van der Waals surface area contributed by atoms with Crippen molar-refractivity contribution in [3.05, 3.63) is 71.8 Å². The van der Waals surface area contributed by atoms with Crippen LogP contribution in [0.15, 0.2) is 60.7 Å². The first-order chi connectivity index (χ1) is 10.3. The average molecular weight is 270 g/mol. The van der Waals surface area contributed by atoms with E-state index in [0.29, 0.717) is 0 Å². The minimum absolute atomic E-state index is 1.07. The van der Waals surface area contributed by atoms with Crippen LogP contribution in [0, 0.1) is 6.92 Å². The molecular formula is C21H18. The minimum atomic E-state index is 1.07. The molecule has 0 spiro atoms. The van der Waals surface area contributed by atoms with E-state index in [0.717, 1.165) is 6.42 Å². The second-order valence-electron chi connectivity index (χ2n) is 5.71. The fourth-order valence-electron chi connectivity index (χ4n) is 3.66. The first-order valence-corrected chi connectivity index (χ1v) is 7.63. The second kappa shape index (κ2) is 4.60. The topological polar surface area (TPSA) is 0 Å². The van der Waals surface area contributed by atoms with E-state index in [1.807, 2.05) is 0 Å². The van der Waals surface area contributed by atoms with E-state index in [1.165, 1.54) is 43.4 Å². The maximum atomic E-state index is 2.30. The van der Waals surface area contributed by atoms with E-state index in [1.54, 1.807) is 0 Å². The molecule has 0 bridgehead atoms. The summed E-state index contributed by atoms with van der Waals surface area (Å²) in [6.45, 7) is 4.52. The van der Waals surface area contributed by atoms with Gasteiger partial charge in [0.2, 0.25) is 0 Å². The van der Waals surface area contributed by atoms with Crippen molar-refractivity contribution in [2.24, 2.45) is 0 Å². The molecule has 0 saturated heterocycles. The molecule has 0 N–H and O–H groups in total. The Kier molecular flexibility index (Phi) is 2.71. The summed E-state index contributed by atoms with van der Waals surface area (Å²) in [5, 5.41) is 8.31. The molecule has 0 nitrogen and oxygen atoms in total. The monoisotopic (exact) mass is 270 g/mol. The molecule has 21 heavy (non-hydrogen) atoms. The van der Waals surface area contributed by atoms with E-state index in [2.05, 4.69) is 74.5 Å². The van der Waals surface area contributed by atoms with Gasteiger partial charge in [-0.05, 0) is 56.8 Å². The Morgan fingerprint density at radius 2 is 1.33 bits per heavy atom. The zero-order valence-electron chi connectivity index (χ0n) is 12.5. The molecule has 0 aliphatic carbocycles. The first-order valence-electron chi connectivity index (χ1n) is 7.63. The Hall–Kier alpha value is -2.34. The Balaban J connectivity index is 2.37. The summed E-state index contributed by atoms with van der Waals surface area (Å²) in [6, 6.07) is 22.1. The van der Waals surface area contributed by atoms with Crippen LogP contribution < -0.4 is 0 Å². The van der Waals surface area contributed by atoms with Crippen molar-refractivity contribution in [3.63, 3.8) is 0 Å². The Morgan fingerprint density at radius 1 is 0.667 bits per heavy atom. The maximum Gasteiger partial charge on any atom is -0.00669 e. The van der Waals surface area contributed by atoms with E-state index < -0.39 is 0 Å². The number of fused-ring (bicyclic) bond motifs is 4. The number of hydrogen-bond donors (Lipinski definition) is 0. The lowest BCUT2D eigenvalue weighted by atomic mass is 9.88. The standard InChI is InChI=1S/C21H18/c1-3-16-19-11-7-6-9-17(19)14(2)21-18-10-5-4-8-15(18)12-13-20(16)21/h4-13H,3H2,1-2H3. The van der Waals surface area contributed by atoms with E-state index in [4.69, 9.17) is 0 Å². The fourth-order valence-corrected chi connectivity index (χ4v) is 3.66. The molecule has 0 heteroatoms. The van der Waals surface area contributed by atoms with Crippen LogP contribution in [0.25, 0.3) is 32.3 Å². The van der Waals surface area contributed by atoms with Gasteiger partial charge in [0, 0.05) is 0 Å². The third-order valence-electron chi connectivity index (χ3n) is 4.64. The van der Waals surface area contributed by atoms with Crippen LogP contribution in [-0.2, 0) is 6.42 Å². The second-order valence-corrected chi connectivity index (χ2v) is 5.71. The number of benzene rings is 4. The van der Waals surface area contributed by atoms with Gasteiger partial charge in [0.1, 0.15) is 0 Å². The zero-order valence-corrected chi connectivity index (χ0v) is 12.5. The van der Waals surface area contributed by atoms with Crippen LogP contribution >= 0.6 is 0 Å². The molecule has 0 unspecified atom stereocenters. The predicted molar refractivity (Wildman–Crippen MR) is 93.1 cm³/mol. The molecule has 0 amide bonds. The van der Waals surface area contributed by atoms with Gasteiger partial charge >= 0.3 is 0 Å². The summed E-state index contributed by atoms with van der Waals surface area (Å²) in [5.74, 6) is 0. The third kappa shape index (κ3) is 1.69. The minimum Gasteiger partial charge on any atom is -0.0616 e. The lowest BCUT2D eigenvalue weighted by Gasteiger charge is -2.15. The zero-order chi connectivity index (χ0) is 14.4. The Bertz CT molecular complexity index is 977. The molecule has 0 saturated carbocycles. The number of rotatable bonds is 1. The van der Waals surface area contributed by atoms with Gasteiger partial charge in [0.15, 0.2) is 0 Å². The molecule has 0 atom stereocenters. The van der Waals surface area contributed by atoms with Crippen LogP contribution in [0.1, 0.15) is 18.1 Å². The first kappa shape index (κ1) is 12.4. The summed E-state index contributed by atoms with van der Waals surface area (Å²) in [5.41, 5.74) is 2.87. The smallest absolute Gasteiger partial charge is 0.00669 e. The van der Waals surface area contributed by atoms with Gasteiger partial charge < -0.3 is 0 Å². The van der Waals surface area contributed by atoms with Crippen LogP contribution in [0.5, 0.6) is 0 Å². The van der Waals surface area contributed by atoms with Crippen molar-refractivity contribution in [1.82, 2.24) is 0 Å². The highest BCUT2D eigenvalue weighted by atomic mass is 14.2. The van der Waals surface area contributed by atoms with Crippen LogP contribution in [0.3, 0.4) is 0 Å². The molecule has 4 rings (SSSR count). The highest BCUT2D eigenvalue weighted by Gasteiger charge is 2.12. The molecule has 0 fully saturated rings. The van der Waals surface area contributed by atoms with Crippen molar-refractivity contribution < 1.29 is 0 Å². The molecule has 0 aromatic heterocycles. The molecule has 4 aromatic rings. The van der Waals surface area contributed by atoms with E-state index >= 15 is 0 Å². The summed E-state index contributed by atoms with van der Waals surface area (Å²) in [7, 11) is 0. The number of hydrogen-bond acceptors (Lipinski definition) is 0. The van der Waals surface area contributed by atoms with Gasteiger partial charge in [-0.25, -0.2) is 0 Å². The van der Waals surface area contributed by atoms with Crippen molar-refractivity contribution in [1.29, 1.82) is 0 Å². The highest BCUT2D eigenvalue weighted by Crippen LogP contribution is 2.36. The lowest BCUT2D eigenvalue weighted by molar-refractivity contribution is 1.18. The van der Waals surface area contributed by atoms with Crippen LogP contribution in [0.2, 0.25) is 0 Å². The number of aryl methyl sites for hydroxylation is 2. The third-order valence-corrected chi connectivity index (χ3v) is 4.64. The van der Waals surface area contributed by atoms with Gasteiger partial charge in [0.05, 0.1) is 0 Å². The molecule has 4 aromatic carbocycles. The largest absolute Gasteiger partial charge is 0.0616 e. The quantitative estimate of drug-likeness (QED) is 0.293. The summed E-state index contributed by atoms with van der Waals surface area (Å²) in [4.78, 5) is 0. The van der Waals surface area contributed by atoms with E-state index in [9.17, 15) is 0 Å². The highest BCUT2D eigenvalue weighted by molar-refractivity contribution is 6.16. The lowest BCUT2D eigenvalue weighted by Crippen LogP contribution is -1.92. The SMILES string of the molecule is CCc1c2ccccc2c(C)c2c1ccc1ccccc12. The van der Waals surface area contributed by atoms with Crippen molar-refractivity contribution >= 4 is 32.3 Å². The molecule has 0 heterocycles.